The summed E-state index contributed by atoms with van der Waals surface area (Å²) in [5, 5.41) is 9.92. The minimum absolute atomic E-state index is 0.0279. The molecule has 0 radical (unpaired) electrons. The predicted molar refractivity (Wildman–Crippen MR) is 135 cm³/mol. The molecule has 0 atom stereocenters. The van der Waals surface area contributed by atoms with Gasteiger partial charge in [0, 0.05) is 16.2 Å². The van der Waals surface area contributed by atoms with Gasteiger partial charge in [-0.15, -0.1) is 0 Å². The number of halogens is 2. The van der Waals surface area contributed by atoms with E-state index >= 15 is 4.39 Å². The molecule has 0 aromatic heterocycles. The van der Waals surface area contributed by atoms with Gasteiger partial charge in [-0.2, -0.15) is 0 Å². The van der Waals surface area contributed by atoms with Crippen LogP contribution in [0, 0.1) is 5.82 Å². The monoisotopic (exact) mass is 483 g/mol. The second-order valence-electron chi connectivity index (χ2n) is 8.16. The lowest BCUT2D eigenvalue weighted by Gasteiger charge is -2.18. The Labute approximate surface area is 206 Å². The third-order valence-electron chi connectivity index (χ3n) is 5.95. The standard InChI is InChI=1S/C29H19ClFNO3/c30-22-14-12-20(13-15-22)25(19-7-2-1-3-8-19)26-23-10-5-11-24(31)27(23)32(28(26)33)17-18-6-4-9-21(16-18)29(34)35/h1-16H,17H2,(H,34,35)/b26-25+. The van der Waals surface area contributed by atoms with Crippen molar-refractivity contribution in [3.8, 4) is 0 Å². The summed E-state index contributed by atoms with van der Waals surface area (Å²) in [4.78, 5) is 26.8. The summed E-state index contributed by atoms with van der Waals surface area (Å²) in [6.07, 6.45) is 0. The molecule has 1 amide bonds. The van der Waals surface area contributed by atoms with E-state index in [1.165, 1.54) is 23.1 Å². The third-order valence-corrected chi connectivity index (χ3v) is 6.20. The van der Waals surface area contributed by atoms with Crippen LogP contribution >= 0.6 is 11.6 Å². The summed E-state index contributed by atoms with van der Waals surface area (Å²) < 4.78 is 15.2. The molecule has 0 unspecified atom stereocenters. The number of rotatable bonds is 5. The number of carbonyl (C=O) groups is 2. The summed E-state index contributed by atoms with van der Waals surface area (Å²) in [5.41, 5.74) is 3.97. The van der Waals surface area contributed by atoms with Crippen LogP contribution in [0.5, 0.6) is 0 Å². The smallest absolute Gasteiger partial charge is 0.335 e. The molecule has 35 heavy (non-hydrogen) atoms. The Bertz CT molecular complexity index is 1480. The molecular formula is C29H19ClFNO3. The largest absolute Gasteiger partial charge is 0.478 e. The second-order valence-corrected chi connectivity index (χ2v) is 8.59. The van der Waals surface area contributed by atoms with Crippen LogP contribution in [-0.4, -0.2) is 17.0 Å². The fraction of sp³-hybridized carbons (Fsp3) is 0.0345. The molecule has 0 spiro atoms. The van der Waals surface area contributed by atoms with Crippen molar-refractivity contribution in [3.05, 3.63) is 136 Å². The maximum Gasteiger partial charge on any atom is 0.335 e. The number of benzene rings is 4. The van der Waals surface area contributed by atoms with E-state index in [1.54, 1.807) is 36.4 Å². The lowest BCUT2D eigenvalue weighted by atomic mass is 9.90. The van der Waals surface area contributed by atoms with E-state index in [-0.39, 0.29) is 23.7 Å². The fourth-order valence-corrected chi connectivity index (χ4v) is 4.52. The molecule has 0 fully saturated rings. The van der Waals surface area contributed by atoms with Crippen molar-refractivity contribution in [1.29, 1.82) is 0 Å². The summed E-state index contributed by atoms with van der Waals surface area (Å²) >= 11 is 6.12. The van der Waals surface area contributed by atoms with E-state index in [9.17, 15) is 14.7 Å². The molecule has 0 saturated heterocycles. The van der Waals surface area contributed by atoms with E-state index in [1.807, 2.05) is 42.5 Å². The van der Waals surface area contributed by atoms with Crippen LogP contribution in [0.1, 0.15) is 32.6 Å². The van der Waals surface area contributed by atoms with E-state index in [0.29, 0.717) is 27.3 Å². The Morgan fingerprint density at radius 2 is 1.49 bits per heavy atom. The summed E-state index contributed by atoms with van der Waals surface area (Å²) in [6.45, 7) is 0.0279. The van der Waals surface area contributed by atoms with Gasteiger partial charge in [0.1, 0.15) is 5.82 Å². The van der Waals surface area contributed by atoms with Crippen LogP contribution in [0.3, 0.4) is 0 Å². The zero-order valence-corrected chi connectivity index (χ0v) is 19.2. The van der Waals surface area contributed by atoms with Crippen molar-refractivity contribution >= 4 is 40.3 Å². The number of aromatic carboxylic acids is 1. The van der Waals surface area contributed by atoms with E-state index in [4.69, 9.17) is 11.6 Å². The summed E-state index contributed by atoms with van der Waals surface area (Å²) in [6, 6.07) is 27.6. The first-order valence-electron chi connectivity index (χ1n) is 10.9. The Kier molecular flexibility index (Phi) is 5.93. The number of amides is 1. The number of anilines is 1. The number of nitrogens with zero attached hydrogens (tertiary/aromatic N) is 1. The van der Waals surface area contributed by atoms with Gasteiger partial charge in [-0.1, -0.05) is 78.3 Å². The molecule has 4 aromatic carbocycles. The van der Waals surface area contributed by atoms with Gasteiger partial charge in [0.25, 0.3) is 5.91 Å². The molecule has 0 bridgehead atoms. The normalized spacial score (nSPS) is 14.1. The number of para-hydroxylation sites is 1. The molecule has 6 heteroatoms. The molecule has 1 N–H and O–H groups in total. The summed E-state index contributed by atoms with van der Waals surface area (Å²) in [5.74, 6) is -1.95. The van der Waals surface area contributed by atoms with E-state index in [0.717, 1.165) is 11.1 Å². The number of fused-ring (bicyclic) bond motifs is 1. The van der Waals surface area contributed by atoms with Crippen molar-refractivity contribution < 1.29 is 19.1 Å². The molecule has 172 valence electrons. The zero-order valence-electron chi connectivity index (χ0n) is 18.4. The molecule has 1 aliphatic rings. The highest BCUT2D eigenvalue weighted by Crippen LogP contribution is 2.45. The van der Waals surface area contributed by atoms with Crippen molar-refractivity contribution in [3.63, 3.8) is 0 Å². The van der Waals surface area contributed by atoms with Crippen LogP contribution in [0.25, 0.3) is 11.1 Å². The van der Waals surface area contributed by atoms with Crippen molar-refractivity contribution in [2.45, 2.75) is 6.54 Å². The van der Waals surface area contributed by atoms with Gasteiger partial charge in [-0.3, -0.25) is 4.79 Å². The average Bonchev–Trinajstić information content (AvgIpc) is 3.14. The molecule has 1 heterocycles. The first kappa shape index (κ1) is 22.6. The SMILES string of the molecule is O=C(O)c1cccc(CN2C(=O)/C(=C(\c3ccccc3)c3ccc(Cl)cc3)c3cccc(F)c32)c1. The molecular weight excluding hydrogens is 465 g/mol. The fourth-order valence-electron chi connectivity index (χ4n) is 4.40. The number of carboxylic acid groups (broad SMARTS) is 1. The van der Waals surface area contributed by atoms with Crippen molar-refractivity contribution in [2.75, 3.05) is 4.90 Å². The van der Waals surface area contributed by atoms with Gasteiger partial charge in [-0.25, -0.2) is 9.18 Å². The lowest BCUT2D eigenvalue weighted by Crippen LogP contribution is -2.27. The molecule has 0 saturated carbocycles. The van der Waals surface area contributed by atoms with Crippen LogP contribution in [-0.2, 0) is 11.3 Å². The summed E-state index contributed by atoms with van der Waals surface area (Å²) in [7, 11) is 0. The lowest BCUT2D eigenvalue weighted by molar-refractivity contribution is -0.113. The Balaban J connectivity index is 1.72. The van der Waals surface area contributed by atoms with E-state index < -0.39 is 11.8 Å². The first-order chi connectivity index (χ1) is 16.9. The Hall–Kier alpha value is -4.22. The van der Waals surface area contributed by atoms with Gasteiger partial charge in [0.15, 0.2) is 0 Å². The maximum absolute atomic E-state index is 15.2. The van der Waals surface area contributed by atoms with Gasteiger partial charge in [0.05, 0.1) is 23.4 Å². The highest BCUT2D eigenvalue weighted by atomic mass is 35.5. The van der Waals surface area contributed by atoms with Gasteiger partial charge >= 0.3 is 5.97 Å². The molecule has 1 aliphatic heterocycles. The van der Waals surface area contributed by atoms with Crippen LogP contribution in [0.15, 0.2) is 97.1 Å². The number of hydrogen-bond acceptors (Lipinski definition) is 2. The van der Waals surface area contributed by atoms with Gasteiger partial charge in [-0.05, 0) is 47.0 Å². The second kappa shape index (κ2) is 9.20. The third kappa shape index (κ3) is 4.22. The Morgan fingerprint density at radius 3 is 2.20 bits per heavy atom. The van der Waals surface area contributed by atoms with Crippen LogP contribution in [0.4, 0.5) is 10.1 Å². The van der Waals surface area contributed by atoms with Crippen LogP contribution < -0.4 is 4.90 Å². The van der Waals surface area contributed by atoms with Gasteiger partial charge < -0.3 is 10.0 Å². The molecule has 4 aromatic rings. The predicted octanol–water partition coefficient (Wildman–Crippen LogP) is 6.68. The molecule has 0 aliphatic carbocycles. The Morgan fingerprint density at radius 1 is 0.829 bits per heavy atom. The minimum Gasteiger partial charge on any atom is -0.478 e. The molecule has 4 nitrogen and oxygen atoms in total. The topological polar surface area (TPSA) is 57.6 Å². The number of hydrogen-bond donors (Lipinski definition) is 1. The van der Waals surface area contributed by atoms with E-state index in [2.05, 4.69) is 0 Å². The number of carboxylic acids is 1. The van der Waals surface area contributed by atoms with Crippen molar-refractivity contribution in [1.82, 2.24) is 0 Å². The van der Waals surface area contributed by atoms with Gasteiger partial charge in [0.2, 0.25) is 0 Å². The highest BCUT2D eigenvalue weighted by Gasteiger charge is 2.37. The maximum atomic E-state index is 15.2. The number of carbonyl (C=O) groups excluding carboxylic acids is 1. The average molecular weight is 484 g/mol. The van der Waals surface area contributed by atoms with Crippen LogP contribution in [0.2, 0.25) is 5.02 Å². The van der Waals surface area contributed by atoms with Crippen molar-refractivity contribution in [2.24, 2.45) is 0 Å². The zero-order chi connectivity index (χ0) is 24.5. The quantitative estimate of drug-likeness (QED) is 0.322. The first-order valence-corrected chi connectivity index (χ1v) is 11.3. The minimum atomic E-state index is -1.07. The molecule has 5 rings (SSSR count). The highest BCUT2D eigenvalue weighted by molar-refractivity contribution is 6.39.